The van der Waals surface area contributed by atoms with Crippen LogP contribution < -0.4 is 16.0 Å². The van der Waals surface area contributed by atoms with Gasteiger partial charge >= 0.3 is 0 Å². The third-order valence-electron chi connectivity index (χ3n) is 5.93. The summed E-state index contributed by atoms with van der Waals surface area (Å²) in [5.74, 6) is 0.0217. The lowest BCUT2D eigenvalue weighted by molar-refractivity contribution is -0.133. The number of anilines is 1. The van der Waals surface area contributed by atoms with Crippen molar-refractivity contribution < 1.29 is 9.59 Å². The van der Waals surface area contributed by atoms with Crippen LogP contribution in [0.25, 0.3) is 0 Å². The molecule has 1 aliphatic heterocycles. The number of halogens is 1. The van der Waals surface area contributed by atoms with E-state index in [1.807, 2.05) is 12.1 Å². The van der Waals surface area contributed by atoms with Gasteiger partial charge in [0.1, 0.15) is 5.92 Å². The number of carbonyl (C=O) groups is 2. The first-order valence-electron chi connectivity index (χ1n) is 9.93. The average molecular weight is 394 g/mol. The summed E-state index contributed by atoms with van der Waals surface area (Å²) in [6.07, 6.45) is 4.91. The molecule has 2 aliphatic rings. The van der Waals surface area contributed by atoms with E-state index in [1.54, 1.807) is 4.90 Å². The Bertz CT molecular complexity index is 647. The van der Waals surface area contributed by atoms with Crippen LogP contribution in [0.3, 0.4) is 0 Å². The molecule has 1 saturated heterocycles. The van der Waals surface area contributed by atoms with Crippen LogP contribution in [0, 0.1) is 11.8 Å². The number of hydrogen-bond acceptors (Lipinski definition) is 3. The van der Waals surface area contributed by atoms with Gasteiger partial charge in [0.15, 0.2) is 0 Å². The van der Waals surface area contributed by atoms with Crippen molar-refractivity contribution in [3.8, 4) is 0 Å². The van der Waals surface area contributed by atoms with Crippen molar-refractivity contribution in [3.05, 3.63) is 29.8 Å². The Hall–Kier alpha value is -1.59. The Balaban J connectivity index is 0.00000261. The van der Waals surface area contributed by atoms with Gasteiger partial charge in [-0.2, -0.15) is 0 Å². The van der Waals surface area contributed by atoms with Crippen LogP contribution >= 0.6 is 12.4 Å². The quantitative estimate of drug-likeness (QED) is 0.754. The number of nitrogens with zero attached hydrogens (tertiary/aromatic N) is 1. The molecule has 2 fully saturated rings. The maximum atomic E-state index is 12.8. The number of benzene rings is 1. The van der Waals surface area contributed by atoms with Crippen LogP contribution in [-0.2, 0) is 9.59 Å². The fourth-order valence-corrected chi connectivity index (χ4v) is 4.18. The first-order chi connectivity index (χ1) is 12.5. The van der Waals surface area contributed by atoms with Gasteiger partial charge in [0.2, 0.25) is 11.8 Å². The van der Waals surface area contributed by atoms with E-state index in [2.05, 4.69) is 31.3 Å². The Labute approximate surface area is 168 Å². The van der Waals surface area contributed by atoms with Crippen LogP contribution in [0.4, 0.5) is 5.69 Å². The zero-order valence-corrected chi connectivity index (χ0v) is 17.1. The molecule has 1 aromatic rings. The van der Waals surface area contributed by atoms with E-state index in [1.165, 1.54) is 12.0 Å². The minimum atomic E-state index is -0.569. The van der Waals surface area contributed by atoms with E-state index in [9.17, 15) is 9.59 Å². The summed E-state index contributed by atoms with van der Waals surface area (Å²) in [5, 5.41) is 3.12. The summed E-state index contributed by atoms with van der Waals surface area (Å²) in [4.78, 5) is 27.3. The van der Waals surface area contributed by atoms with Crippen LogP contribution in [-0.4, -0.2) is 30.9 Å². The lowest BCUT2D eigenvalue weighted by atomic mass is 9.84. The molecule has 1 aliphatic carbocycles. The summed E-state index contributed by atoms with van der Waals surface area (Å²) in [5.41, 5.74) is 7.99. The fourth-order valence-electron chi connectivity index (χ4n) is 4.18. The minimum Gasteiger partial charge on any atom is -0.352 e. The smallest absolute Gasteiger partial charge is 0.239 e. The van der Waals surface area contributed by atoms with E-state index in [0.717, 1.165) is 24.9 Å². The Morgan fingerprint density at radius 1 is 1.19 bits per heavy atom. The number of nitrogens with one attached hydrogen (secondary N) is 1. The van der Waals surface area contributed by atoms with Gasteiger partial charge in [-0.25, -0.2) is 0 Å². The van der Waals surface area contributed by atoms with Crippen molar-refractivity contribution in [2.75, 3.05) is 18.0 Å². The molecule has 1 aromatic carbocycles. The van der Waals surface area contributed by atoms with Crippen molar-refractivity contribution >= 4 is 29.9 Å². The number of rotatable bonds is 5. The molecule has 1 saturated carbocycles. The molecule has 5 nitrogen and oxygen atoms in total. The van der Waals surface area contributed by atoms with Gasteiger partial charge in [0, 0.05) is 18.3 Å². The zero-order valence-electron chi connectivity index (χ0n) is 16.3. The molecule has 6 heteroatoms. The van der Waals surface area contributed by atoms with E-state index >= 15 is 0 Å². The van der Waals surface area contributed by atoms with Crippen LogP contribution in [0.15, 0.2) is 24.3 Å². The van der Waals surface area contributed by atoms with Gasteiger partial charge < -0.3 is 16.0 Å². The highest BCUT2D eigenvalue weighted by atomic mass is 35.5. The summed E-state index contributed by atoms with van der Waals surface area (Å²) >= 11 is 0. The van der Waals surface area contributed by atoms with Crippen LogP contribution in [0.1, 0.15) is 57.4 Å². The third-order valence-corrected chi connectivity index (χ3v) is 5.93. The number of carbonyl (C=O) groups excluding carboxylic acids is 2. The maximum absolute atomic E-state index is 12.8. The summed E-state index contributed by atoms with van der Waals surface area (Å²) < 4.78 is 0. The van der Waals surface area contributed by atoms with Crippen LogP contribution in [0.5, 0.6) is 0 Å². The maximum Gasteiger partial charge on any atom is 0.239 e. The molecule has 3 N–H and O–H groups in total. The number of nitrogens with two attached hydrogens (primary N) is 1. The average Bonchev–Trinajstić information content (AvgIpc) is 3.03. The first-order valence-corrected chi connectivity index (χ1v) is 9.93. The standard InChI is InChI=1S/C21H31N3O2.ClH/c1-14(2)15-7-9-17(10-8-15)24-12-11-18(21(24)26)20(25)23-19-6-4-3-5-16(19)13-22;/h7-10,14,16,18-19H,3-6,11-13,22H2,1-2H3,(H,23,25);1H. The normalized spacial score (nSPS) is 25.4. The van der Waals surface area contributed by atoms with Crippen molar-refractivity contribution in [3.63, 3.8) is 0 Å². The molecule has 0 bridgehead atoms. The van der Waals surface area contributed by atoms with Gasteiger partial charge in [-0.15, -0.1) is 12.4 Å². The van der Waals surface area contributed by atoms with Crippen molar-refractivity contribution in [1.29, 1.82) is 0 Å². The lowest BCUT2D eigenvalue weighted by Gasteiger charge is -2.32. The van der Waals surface area contributed by atoms with Crippen molar-refractivity contribution in [1.82, 2.24) is 5.32 Å². The van der Waals surface area contributed by atoms with E-state index < -0.39 is 5.92 Å². The van der Waals surface area contributed by atoms with Gasteiger partial charge in [-0.1, -0.05) is 38.8 Å². The summed E-state index contributed by atoms with van der Waals surface area (Å²) in [7, 11) is 0. The van der Waals surface area contributed by atoms with Crippen LogP contribution in [0.2, 0.25) is 0 Å². The molecule has 3 atom stereocenters. The third kappa shape index (κ3) is 4.82. The molecule has 27 heavy (non-hydrogen) atoms. The summed E-state index contributed by atoms with van der Waals surface area (Å²) in [6, 6.07) is 8.22. The predicted molar refractivity (Wildman–Crippen MR) is 111 cm³/mol. The highest BCUT2D eigenvalue weighted by Gasteiger charge is 2.39. The van der Waals surface area contributed by atoms with Crippen molar-refractivity contribution in [2.45, 2.75) is 57.9 Å². The lowest BCUT2D eigenvalue weighted by Crippen LogP contribution is -2.48. The second-order valence-electron chi connectivity index (χ2n) is 7.97. The Kier molecular flexibility index (Phi) is 7.68. The second-order valence-corrected chi connectivity index (χ2v) is 7.97. The fraction of sp³-hybridized carbons (Fsp3) is 0.619. The molecule has 3 unspecified atom stereocenters. The van der Waals surface area contributed by atoms with Crippen molar-refractivity contribution in [2.24, 2.45) is 17.6 Å². The van der Waals surface area contributed by atoms with Gasteiger partial charge in [-0.3, -0.25) is 9.59 Å². The van der Waals surface area contributed by atoms with Gasteiger partial charge in [-0.05, 0) is 55.3 Å². The molecule has 0 aromatic heterocycles. The first kappa shape index (κ1) is 21.7. The summed E-state index contributed by atoms with van der Waals surface area (Å²) in [6.45, 7) is 5.49. The molecule has 2 amide bonds. The molecule has 0 spiro atoms. The number of hydrogen-bond donors (Lipinski definition) is 2. The largest absolute Gasteiger partial charge is 0.352 e. The van der Waals surface area contributed by atoms with Gasteiger partial charge in [0.05, 0.1) is 0 Å². The monoisotopic (exact) mass is 393 g/mol. The van der Waals surface area contributed by atoms with E-state index in [-0.39, 0.29) is 30.3 Å². The Morgan fingerprint density at radius 2 is 1.85 bits per heavy atom. The minimum absolute atomic E-state index is 0. The highest BCUT2D eigenvalue weighted by Crippen LogP contribution is 2.28. The van der Waals surface area contributed by atoms with E-state index in [4.69, 9.17) is 5.73 Å². The van der Waals surface area contributed by atoms with Gasteiger partial charge in [0.25, 0.3) is 0 Å². The Morgan fingerprint density at radius 3 is 2.48 bits per heavy atom. The second kappa shape index (κ2) is 9.56. The highest BCUT2D eigenvalue weighted by molar-refractivity contribution is 6.09. The molecule has 3 rings (SSSR count). The van der Waals surface area contributed by atoms with E-state index in [0.29, 0.717) is 31.3 Å². The zero-order chi connectivity index (χ0) is 18.7. The number of amides is 2. The molecular weight excluding hydrogens is 362 g/mol. The SMILES string of the molecule is CC(C)c1ccc(N2CCC(C(=O)NC3CCCCC3CN)C2=O)cc1.Cl. The molecule has 1 heterocycles. The molecule has 0 radical (unpaired) electrons. The predicted octanol–water partition coefficient (Wildman–Crippen LogP) is 3.22. The topological polar surface area (TPSA) is 75.4 Å². The molecule has 150 valence electrons. The molecular formula is C21H32ClN3O2.